The zero-order valence-corrected chi connectivity index (χ0v) is 14.0. The molecule has 0 bridgehead atoms. The number of benzene rings is 2. The molecule has 24 heavy (non-hydrogen) atoms. The molecule has 5 heteroatoms. The smallest absolute Gasteiger partial charge is 0.344 e. The highest BCUT2D eigenvalue weighted by Gasteiger charge is 2.10. The average Bonchev–Trinajstić information content (AvgIpc) is 2.59. The van der Waals surface area contributed by atoms with Gasteiger partial charge in [-0.1, -0.05) is 48.0 Å². The number of ketones is 1. The third kappa shape index (κ3) is 5.25. The van der Waals surface area contributed by atoms with Gasteiger partial charge in [-0.25, -0.2) is 4.79 Å². The zero-order chi connectivity index (χ0) is 17.4. The highest BCUT2D eigenvalue weighted by molar-refractivity contribution is 6.34. The molecule has 0 unspecified atom stereocenters. The lowest BCUT2D eigenvalue weighted by Gasteiger charge is -2.07. The van der Waals surface area contributed by atoms with Gasteiger partial charge in [-0.15, -0.1) is 0 Å². The quantitative estimate of drug-likeness (QED) is 0.429. The standard InChI is InChI=1S/C19H17ClO4/c1-2-23-19(22)13-24-15-9-10-16(17(20)12-15)18(21)11-8-14-6-4-3-5-7-14/h3-12H,2,13H2,1H3. The highest BCUT2D eigenvalue weighted by atomic mass is 35.5. The zero-order valence-electron chi connectivity index (χ0n) is 13.2. The van der Waals surface area contributed by atoms with E-state index in [2.05, 4.69) is 0 Å². The van der Waals surface area contributed by atoms with Crippen molar-refractivity contribution in [1.29, 1.82) is 0 Å². The fourth-order valence-electron chi connectivity index (χ4n) is 1.96. The Morgan fingerprint density at radius 2 is 1.88 bits per heavy atom. The van der Waals surface area contributed by atoms with Crippen molar-refractivity contribution >= 4 is 29.4 Å². The predicted molar refractivity (Wildman–Crippen MR) is 93.4 cm³/mol. The van der Waals surface area contributed by atoms with E-state index in [1.165, 1.54) is 12.1 Å². The van der Waals surface area contributed by atoms with E-state index >= 15 is 0 Å². The van der Waals surface area contributed by atoms with Gasteiger partial charge in [0, 0.05) is 5.56 Å². The van der Waals surface area contributed by atoms with Gasteiger partial charge in [0.2, 0.25) is 0 Å². The molecule has 2 rings (SSSR count). The molecule has 0 heterocycles. The first-order valence-corrected chi connectivity index (χ1v) is 7.83. The molecule has 0 aliphatic heterocycles. The summed E-state index contributed by atoms with van der Waals surface area (Å²) < 4.78 is 10.0. The number of carbonyl (C=O) groups excluding carboxylic acids is 2. The van der Waals surface area contributed by atoms with Crippen molar-refractivity contribution < 1.29 is 19.1 Å². The lowest BCUT2D eigenvalue weighted by atomic mass is 10.1. The first-order valence-electron chi connectivity index (χ1n) is 7.45. The van der Waals surface area contributed by atoms with Crippen LogP contribution in [0.5, 0.6) is 5.75 Å². The van der Waals surface area contributed by atoms with Crippen molar-refractivity contribution in [1.82, 2.24) is 0 Å². The van der Waals surface area contributed by atoms with Crippen LogP contribution in [0.2, 0.25) is 5.02 Å². The van der Waals surface area contributed by atoms with Gasteiger partial charge in [0.05, 0.1) is 11.6 Å². The summed E-state index contributed by atoms with van der Waals surface area (Å²) in [6.07, 6.45) is 3.19. The Labute approximate surface area is 145 Å². The van der Waals surface area contributed by atoms with Crippen LogP contribution in [0.25, 0.3) is 6.08 Å². The predicted octanol–water partition coefficient (Wildman–Crippen LogP) is 4.18. The molecule has 0 fully saturated rings. The number of hydrogen-bond donors (Lipinski definition) is 0. The molecule has 0 spiro atoms. The summed E-state index contributed by atoms with van der Waals surface area (Å²) in [5.74, 6) is -0.267. The van der Waals surface area contributed by atoms with Gasteiger partial charge in [-0.2, -0.15) is 0 Å². The van der Waals surface area contributed by atoms with Gasteiger partial charge in [0.1, 0.15) is 5.75 Å². The molecule has 124 valence electrons. The number of esters is 1. The van der Waals surface area contributed by atoms with Crippen molar-refractivity contribution in [2.24, 2.45) is 0 Å². The van der Waals surface area contributed by atoms with E-state index < -0.39 is 5.97 Å². The van der Waals surface area contributed by atoms with E-state index in [0.29, 0.717) is 17.9 Å². The Morgan fingerprint density at radius 1 is 1.12 bits per heavy atom. The highest BCUT2D eigenvalue weighted by Crippen LogP contribution is 2.23. The van der Waals surface area contributed by atoms with Crippen LogP contribution < -0.4 is 4.74 Å². The molecule has 0 N–H and O–H groups in total. The van der Waals surface area contributed by atoms with Crippen molar-refractivity contribution in [3.63, 3.8) is 0 Å². The van der Waals surface area contributed by atoms with E-state index in [0.717, 1.165) is 5.56 Å². The van der Waals surface area contributed by atoms with Crippen LogP contribution in [0.1, 0.15) is 22.8 Å². The summed E-state index contributed by atoms with van der Waals surface area (Å²) in [7, 11) is 0. The van der Waals surface area contributed by atoms with Crippen molar-refractivity contribution in [2.75, 3.05) is 13.2 Å². The molecule has 0 amide bonds. The molecular weight excluding hydrogens is 328 g/mol. The van der Waals surface area contributed by atoms with Gasteiger partial charge in [0.15, 0.2) is 12.4 Å². The summed E-state index contributed by atoms with van der Waals surface area (Å²) in [6, 6.07) is 14.2. The van der Waals surface area contributed by atoms with Crippen LogP contribution in [0.4, 0.5) is 0 Å². The maximum Gasteiger partial charge on any atom is 0.344 e. The topological polar surface area (TPSA) is 52.6 Å². The number of rotatable bonds is 7. The summed E-state index contributed by atoms with van der Waals surface area (Å²) in [5.41, 5.74) is 1.30. The summed E-state index contributed by atoms with van der Waals surface area (Å²) in [4.78, 5) is 23.5. The van der Waals surface area contributed by atoms with Crippen LogP contribution >= 0.6 is 11.6 Å². The minimum absolute atomic E-state index is 0.203. The number of halogens is 1. The fraction of sp³-hybridized carbons (Fsp3) is 0.158. The molecule has 2 aromatic carbocycles. The SMILES string of the molecule is CCOC(=O)COc1ccc(C(=O)C=Cc2ccccc2)c(Cl)c1. The van der Waals surface area contributed by atoms with Gasteiger partial charge < -0.3 is 9.47 Å². The Kier molecular flexibility index (Phi) is 6.58. The average molecular weight is 345 g/mol. The Morgan fingerprint density at radius 3 is 2.54 bits per heavy atom. The van der Waals surface area contributed by atoms with Crippen LogP contribution in [0.3, 0.4) is 0 Å². The number of ether oxygens (including phenoxy) is 2. The van der Waals surface area contributed by atoms with Gasteiger partial charge in [0.25, 0.3) is 0 Å². The minimum Gasteiger partial charge on any atom is -0.482 e. The van der Waals surface area contributed by atoms with Gasteiger partial charge >= 0.3 is 5.97 Å². The third-order valence-electron chi connectivity index (χ3n) is 3.09. The second-order valence-corrected chi connectivity index (χ2v) is 5.25. The molecule has 0 saturated carbocycles. The van der Waals surface area contributed by atoms with E-state index in [-0.39, 0.29) is 17.4 Å². The Bertz CT molecular complexity index is 738. The molecule has 0 saturated heterocycles. The van der Waals surface area contributed by atoms with Crippen LogP contribution in [0.15, 0.2) is 54.6 Å². The first-order chi connectivity index (χ1) is 11.6. The number of allylic oxidation sites excluding steroid dienone is 1. The maximum atomic E-state index is 12.2. The Hall–Kier alpha value is -2.59. The third-order valence-corrected chi connectivity index (χ3v) is 3.41. The van der Waals surface area contributed by atoms with E-state index in [4.69, 9.17) is 21.1 Å². The molecule has 2 aromatic rings. The minimum atomic E-state index is -0.459. The lowest BCUT2D eigenvalue weighted by Crippen LogP contribution is -2.14. The molecule has 0 atom stereocenters. The maximum absolute atomic E-state index is 12.2. The molecular formula is C19H17ClO4. The molecule has 0 aliphatic carbocycles. The lowest BCUT2D eigenvalue weighted by molar-refractivity contribution is -0.145. The monoisotopic (exact) mass is 344 g/mol. The Balaban J connectivity index is 2.02. The van der Waals surface area contributed by atoms with E-state index in [1.807, 2.05) is 30.3 Å². The fourth-order valence-corrected chi connectivity index (χ4v) is 2.22. The summed E-state index contributed by atoms with van der Waals surface area (Å²) in [6.45, 7) is 1.81. The van der Waals surface area contributed by atoms with Crippen LogP contribution in [-0.4, -0.2) is 25.0 Å². The van der Waals surface area contributed by atoms with Gasteiger partial charge in [-0.3, -0.25) is 4.79 Å². The van der Waals surface area contributed by atoms with Crippen molar-refractivity contribution in [3.8, 4) is 5.75 Å². The summed E-state index contributed by atoms with van der Waals surface area (Å²) >= 11 is 6.13. The van der Waals surface area contributed by atoms with Crippen molar-refractivity contribution in [3.05, 3.63) is 70.8 Å². The largest absolute Gasteiger partial charge is 0.482 e. The normalized spacial score (nSPS) is 10.6. The number of hydrogen-bond acceptors (Lipinski definition) is 4. The molecule has 0 radical (unpaired) electrons. The van der Waals surface area contributed by atoms with Crippen molar-refractivity contribution in [2.45, 2.75) is 6.92 Å². The van der Waals surface area contributed by atoms with E-state index in [1.54, 1.807) is 25.1 Å². The molecule has 0 aliphatic rings. The van der Waals surface area contributed by atoms with Gasteiger partial charge in [-0.05, 0) is 36.8 Å². The number of carbonyl (C=O) groups is 2. The van der Waals surface area contributed by atoms with E-state index in [9.17, 15) is 9.59 Å². The molecule has 4 nitrogen and oxygen atoms in total. The second kappa shape index (κ2) is 8.89. The molecule has 0 aromatic heterocycles. The summed E-state index contributed by atoms with van der Waals surface area (Å²) in [5, 5.41) is 0.263. The van der Waals surface area contributed by atoms with Crippen LogP contribution in [-0.2, 0) is 9.53 Å². The van der Waals surface area contributed by atoms with Crippen LogP contribution in [0, 0.1) is 0 Å². The first kappa shape index (κ1) is 17.8. The second-order valence-electron chi connectivity index (χ2n) is 4.84.